The average Bonchev–Trinajstić information content (AvgIpc) is 2.88. The molecule has 0 saturated carbocycles. The predicted molar refractivity (Wildman–Crippen MR) is 101 cm³/mol. The van der Waals surface area contributed by atoms with Crippen LogP contribution in [0, 0.1) is 6.92 Å². The molecule has 2 amide bonds. The predicted octanol–water partition coefficient (Wildman–Crippen LogP) is 2.67. The number of amides is 2. The second-order valence-electron chi connectivity index (χ2n) is 7.12. The van der Waals surface area contributed by atoms with Crippen LogP contribution in [0.4, 0.5) is 5.69 Å². The van der Waals surface area contributed by atoms with Crippen molar-refractivity contribution in [3.63, 3.8) is 0 Å². The van der Waals surface area contributed by atoms with Crippen LogP contribution in [0.5, 0.6) is 0 Å². The summed E-state index contributed by atoms with van der Waals surface area (Å²) < 4.78 is 0. The molecule has 26 heavy (non-hydrogen) atoms. The van der Waals surface area contributed by atoms with E-state index in [2.05, 4.69) is 22.5 Å². The van der Waals surface area contributed by atoms with Crippen molar-refractivity contribution >= 4 is 17.5 Å². The highest BCUT2D eigenvalue weighted by molar-refractivity contribution is 6.04. The van der Waals surface area contributed by atoms with Gasteiger partial charge in [-0.1, -0.05) is 30.3 Å². The molecular weight excluding hydrogens is 326 g/mol. The Balaban J connectivity index is 1.52. The van der Waals surface area contributed by atoms with Crippen LogP contribution in [0.2, 0.25) is 0 Å². The van der Waals surface area contributed by atoms with Gasteiger partial charge >= 0.3 is 0 Å². The molecule has 5 heteroatoms. The Kier molecular flexibility index (Phi) is 3.80. The number of carbonyl (C=O) groups excluding carboxylic acids is 2. The molecule has 2 aromatic carbocycles. The van der Waals surface area contributed by atoms with E-state index in [4.69, 9.17) is 0 Å². The van der Waals surface area contributed by atoms with Crippen molar-refractivity contribution in [2.24, 2.45) is 0 Å². The lowest BCUT2D eigenvalue weighted by atomic mass is 9.78. The first-order valence-corrected chi connectivity index (χ1v) is 8.74. The van der Waals surface area contributed by atoms with Crippen LogP contribution in [-0.4, -0.2) is 17.4 Å². The molecule has 1 heterocycles. The topological polar surface area (TPSA) is 70.2 Å². The summed E-state index contributed by atoms with van der Waals surface area (Å²) in [4.78, 5) is 24.7. The Morgan fingerprint density at radius 2 is 1.92 bits per heavy atom. The second kappa shape index (κ2) is 6.02. The Hall–Kier alpha value is -3.08. The summed E-state index contributed by atoms with van der Waals surface area (Å²) in [5.41, 5.74) is 4.25. The quantitative estimate of drug-likeness (QED) is 0.782. The number of rotatable bonds is 2. The molecule has 1 aliphatic carbocycles. The van der Waals surface area contributed by atoms with E-state index in [1.54, 1.807) is 0 Å². The summed E-state index contributed by atoms with van der Waals surface area (Å²) in [6, 6.07) is 13.4. The van der Waals surface area contributed by atoms with Gasteiger partial charge in [0.1, 0.15) is 5.54 Å². The number of anilines is 1. The zero-order valence-electron chi connectivity index (χ0n) is 14.7. The van der Waals surface area contributed by atoms with E-state index in [-0.39, 0.29) is 11.8 Å². The molecule has 3 N–H and O–H groups in total. The van der Waals surface area contributed by atoms with Gasteiger partial charge in [-0.05, 0) is 55.2 Å². The lowest BCUT2D eigenvalue weighted by molar-refractivity contribution is -0.124. The van der Waals surface area contributed by atoms with Gasteiger partial charge in [0, 0.05) is 17.7 Å². The lowest BCUT2D eigenvalue weighted by Gasteiger charge is -2.32. The number of nitrogens with one attached hydrogen (secondary N) is 3. The molecule has 2 aliphatic rings. The molecule has 1 spiro atoms. The van der Waals surface area contributed by atoms with Gasteiger partial charge in [0.25, 0.3) is 11.8 Å². The van der Waals surface area contributed by atoms with Crippen LogP contribution in [0.3, 0.4) is 0 Å². The van der Waals surface area contributed by atoms with Crippen molar-refractivity contribution in [1.29, 1.82) is 0 Å². The summed E-state index contributed by atoms with van der Waals surface area (Å²) in [5.74, 6) is 0.440. The zero-order chi connectivity index (χ0) is 18.3. The highest BCUT2D eigenvalue weighted by atomic mass is 16.2. The van der Waals surface area contributed by atoms with E-state index in [9.17, 15) is 9.59 Å². The maximum Gasteiger partial charge on any atom is 0.255 e. The van der Waals surface area contributed by atoms with Crippen molar-refractivity contribution < 1.29 is 9.59 Å². The van der Waals surface area contributed by atoms with Crippen molar-refractivity contribution in [3.05, 3.63) is 77.1 Å². The first-order valence-electron chi connectivity index (χ1n) is 8.74. The molecule has 1 fully saturated rings. The number of aryl methyl sites for hydroxylation is 2. The summed E-state index contributed by atoms with van der Waals surface area (Å²) in [7, 11) is 0. The van der Waals surface area contributed by atoms with E-state index < -0.39 is 5.54 Å². The fraction of sp³-hybridized carbons (Fsp3) is 0.238. The minimum absolute atomic E-state index is 0.00935. The molecule has 1 saturated heterocycles. The van der Waals surface area contributed by atoms with Crippen LogP contribution >= 0.6 is 0 Å². The zero-order valence-corrected chi connectivity index (χ0v) is 14.7. The standard InChI is InChI=1S/C21H21N3O2/c1-13-3-5-15(6-4-13)19(25)23-18-8-7-17-12-21(10-9-16(17)11-18)20(26)22-14(2)24-21/h3-8,11,24H,2,9-10,12H2,1H3,(H,22,26)(H,23,25). The maximum atomic E-state index is 12.4. The fourth-order valence-corrected chi connectivity index (χ4v) is 3.71. The first-order chi connectivity index (χ1) is 12.4. The molecule has 1 aliphatic heterocycles. The van der Waals surface area contributed by atoms with Gasteiger partial charge < -0.3 is 16.0 Å². The first kappa shape index (κ1) is 16.4. The third-order valence-electron chi connectivity index (χ3n) is 5.18. The monoisotopic (exact) mass is 347 g/mol. The minimum atomic E-state index is -0.587. The lowest BCUT2D eigenvalue weighted by Crippen LogP contribution is -2.50. The SMILES string of the molecule is C=C1NC(=O)C2(CCc3cc(NC(=O)c4ccc(C)cc4)ccc3C2)N1. The van der Waals surface area contributed by atoms with Gasteiger partial charge in [0.05, 0.1) is 5.82 Å². The smallest absolute Gasteiger partial charge is 0.255 e. The Labute approximate surface area is 152 Å². The molecule has 2 aromatic rings. The largest absolute Gasteiger partial charge is 0.358 e. The molecular formula is C21H21N3O2. The third kappa shape index (κ3) is 2.86. The summed E-state index contributed by atoms with van der Waals surface area (Å²) in [6.45, 7) is 5.79. The molecule has 4 rings (SSSR count). The minimum Gasteiger partial charge on any atom is -0.358 e. The Morgan fingerprint density at radius 1 is 1.15 bits per heavy atom. The molecule has 132 valence electrons. The number of fused-ring (bicyclic) bond motifs is 1. The van der Waals surface area contributed by atoms with Crippen LogP contribution in [0.15, 0.2) is 54.9 Å². The van der Waals surface area contributed by atoms with Gasteiger partial charge in [-0.2, -0.15) is 0 Å². The highest BCUT2D eigenvalue weighted by Crippen LogP contribution is 2.33. The van der Waals surface area contributed by atoms with E-state index in [0.717, 1.165) is 23.2 Å². The fourth-order valence-electron chi connectivity index (χ4n) is 3.71. The summed E-state index contributed by atoms with van der Waals surface area (Å²) in [6.07, 6.45) is 2.11. The van der Waals surface area contributed by atoms with Crippen LogP contribution in [-0.2, 0) is 17.6 Å². The van der Waals surface area contributed by atoms with Gasteiger partial charge in [0.2, 0.25) is 0 Å². The molecule has 0 aromatic heterocycles. The van der Waals surface area contributed by atoms with Crippen molar-refractivity contribution in [2.45, 2.75) is 31.7 Å². The second-order valence-corrected chi connectivity index (χ2v) is 7.12. The van der Waals surface area contributed by atoms with E-state index in [0.29, 0.717) is 24.2 Å². The Bertz CT molecular complexity index is 917. The normalized spacial score (nSPS) is 21.1. The summed E-state index contributed by atoms with van der Waals surface area (Å²) in [5, 5.41) is 8.93. The van der Waals surface area contributed by atoms with Gasteiger partial charge in [-0.25, -0.2) is 0 Å². The molecule has 0 radical (unpaired) electrons. The van der Waals surface area contributed by atoms with Crippen LogP contribution < -0.4 is 16.0 Å². The van der Waals surface area contributed by atoms with Gasteiger partial charge in [-0.3, -0.25) is 9.59 Å². The molecule has 5 nitrogen and oxygen atoms in total. The van der Waals surface area contributed by atoms with Crippen LogP contribution in [0.1, 0.15) is 33.5 Å². The number of benzene rings is 2. The van der Waals surface area contributed by atoms with E-state index in [1.807, 2.05) is 49.4 Å². The molecule has 1 atom stereocenters. The Morgan fingerprint density at radius 3 is 2.62 bits per heavy atom. The average molecular weight is 347 g/mol. The number of hydrogen-bond donors (Lipinski definition) is 3. The van der Waals surface area contributed by atoms with Crippen molar-refractivity contribution in [3.8, 4) is 0 Å². The van der Waals surface area contributed by atoms with Crippen molar-refractivity contribution in [1.82, 2.24) is 10.6 Å². The van der Waals surface area contributed by atoms with Crippen LogP contribution in [0.25, 0.3) is 0 Å². The molecule has 0 bridgehead atoms. The summed E-state index contributed by atoms with van der Waals surface area (Å²) >= 11 is 0. The van der Waals surface area contributed by atoms with E-state index >= 15 is 0 Å². The third-order valence-corrected chi connectivity index (χ3v) is 5.18. The van der Waals surface area contributed by atoms with Crippen molar-refractivity contribution in [2.75, 3.05) is 5.32 Å². The van der Waals surface area contributed by atoms with Gasteiger partial charge in [0.15, 0.2) is 0 Å². The van der Waals surface area contributed by atoms with E-state index in [1.165, 1.54) is 5.56 Å². The maximum absolute atomic E-state index is 12.4. The number of hydrogen-bond acceptors (Lipinski definition) is 3. The number of carbonyl (C=O) groups is 2. The highest BCUT2D eigenvalue weighted by Gasteiger charge is 2.45. The molecule has 1 unspecified atom stereocenters. The van der Waals surface area contributed by atoms with Gasteiger partial charge in [-0.15, -0.1) is 0 Å².